The van der Waals surface area contributed by atoms with Gasteiger partial charge in [0, 0.05) is 24.4 Å². The van der Waals surface area contributed by atoms with Crippen LogP contribution in [0, 0.1) is 17.6 Å². The summed E-state index contributed by atoms with van der Waals surface area (Å²) in [5.41, 5.74) is -0.148. The normalized spacial score (nSPS) is 13.4. The van der Waals surface area contributed by atoms with E-state index in [0.717, 1.165) is 12.1 Å². The van der Waals surface area contributed by atoms with Gasteiger partial charge in [-0.1, -0.05) is 6.92 Å². The Morgan fingerprint density at radius 3 is 2.20 bits per heavy atom. The molecule has 110 valence electrons. The maximum atomic E-state index is 12.9. The molecule has 0 radical (unpaired) electrons. The van der Waals surface area contributed by atoms with Crippen LogP contribution in [0.25, 0.3) is 0 Å². The van der Waals surface area contributed by atoms with Crippen molar-refractivity contribution in [3.8, 4) is 0 Å². The molecule has 1 rings (SSSR count). The Morgan fingerprint density at radius 1 is 1.15 bits per heavy atom. The molecule has 20 heavy (non-hydrogen) atoms. The van der Waals surface area contributed by atoms with Crippen LogP contribution in [0.3, 0.4) is 0 Å². The Balaban J connectivity index is 2.64. The third-order valence-electron chi connectivity index (χ3n) is 2.83. The van der Waals surface area contributed by atoms with Gasteiger partial charge in [-0.2, -0.15) is 0 Å². The van der Waals surface area contributed by atoms with E-state index in [-0.39, 0.29) is 18.2 Å². The summed E-state index contributed by atoms with van der Waals surface area (Å²) in [7, 11) is 0. The van der Waals surface area contributed by atoms with E-state index in [2.05, 4.69) is 10.6 Å². The first-order valence-corrected chi connectivity index (χ1v) is 6.02. The van der Waals surface area contributed by atoms with Crippen LogP contribution in [0.2, 0.25) is 0 Å². The van der Waals surface area contributed by atoms with Crippen molar-refractivity contribution in [1.29, 1.82) is 0 Å². The summed E-state index contributed by atoms with van der Waals surface area (Å²) >= 11 is 0. The zero-order valence-electron chi connectivity index (χ0n) is 11.1. The van der Waals surface area contributed by atoms with E-state index in [1.165, 1.54) is 0 Å². The summed E-state index contributed by atoms with van der Waals surface area (Å²) in [6, 6.07) is 2.03. The van der Waals surface area contributed by atoms with Gasteiger partial charge in [0.2, 0.25) is 0 Å². The van der Waals surface area contributed by atoms with E-state index in [1.807, 2.05) is 0 Å². The minimum Gasteiger partial charge on any atom is -0.396 e. The zero-order valence-corrected chi connectivity index (χ0v) is 11.1. The summed E-state index contributed by atoms with van der Waals surface area (Å²) in [5.74, 6) is -3.92. The van der Waals surface area contributed by atoms with Crippen molar-refractivity contribution in [2.45, 2.75) is 19.9 Å². The second-order valence-corrected chi connectivity index (χ2v) is 4.53. The second-order valence-electron chi connectivity index (χ2n) is 4.53. The number of benzene rings is 1. The highest BCUT2D eigenvalue weighted by Crippen LogP contribution is 2.12. The first kappa shape index (κ1) is 16.0. The van der Waals surface area contributed by atoms with Gasteiger partial charge in [0.15, 0.2) is 0 Å². The minimum absolute atomic E-state index is 0.141. The van der Waals surface area contributed by atoms with E-state index < -0.39 is 29.5 Å². The lowest BCUT2D eigenvalue weighted by Crippen LogP contribution is -2.44. The van der Waals surface area contributed by atoms with E-state index >= 15 is 0 Å². The van der Waals surface area contributed by atoms with Crippen LogP contribution in [0.5, 0.6) is 0 Å². The SMILES string of the molecule is CC(CO)C(C)NC(=O)C(=O)Nc1cc(F)cc(F)c1. The van der Waals surface area contributed by atoms with Crippen LogP contribution >= 0.6 is 0 Å². The fourth-order valence-electron chi connectivity index (χ4n) is 1.39. The lowest BCUT2D eigenvalue weighted by Gasteiger charge is -2.18. The van der Waals surface area contributed by atoms with Crippen molar-refractivity contribution < 1.29 is 23.5 Å². The summed E-state index contributed by atoms with van der Waals surface area (Å²) in [6.45, 7) is 3.19. The van der Waals surface area contributed by atoms with E-state index in [1.54, 1.807) is 13.8 Å². The molecule has 0 spiro atoms. The number of carbonyl (C=O) groups is 2. The monoisotopic (exact) mass is 286 g/mol. The number of hydrogen-bond acceptors (Lipinski definition) is 3. The molecule has 2 atom stereocenters. The van der Waals surface area contributed by atoms with Gasteiger partial charge in [-0.3, -0.25) is 9.59 Å². The third-order valence-corrected chi connectivity index (χ3v) is 2.83. The summed E-state index contributed by atoms with van der Waals surface area (Å²) < 4.78 is 25.8. The first-order chi connectivity index (χ1) is 9.33. The van der Waals surface area contributed by atoms with Crippen LogP contribution in [-0.2, 0) is 9.59 Å². The molecule has 0 aliphatic rings. The fourth-order valence-corrected chi connectivity index (χ4v) is 1.39. The van der Waals surface area contributed by atoms with Crippen LogP contribution in [0.1, 0.15) is 13.8 Å². The maximum absolute atomic E-state index is 12.9. The standard InChI is InChI=1S/C13H16F2N2O3/c1-7(6-18)8(2)16-12(19)13(20)17-11-4-9(14)3-10(15)5-11/h3-5,7-8,18H,6H2,1-2H3,(H,16,19)(H,17,20). The Hall–Kier alpha value is -2.02. The van der Waals surface area contributed by atoms with E-state index in [9.17, 15) is 18.4 Å². The number of nitrogens with one attached hydrogen (secondary N) is 2. The number of halogens is 2. The Labute approximate surface area is 115 Å². The van der Waals surface area contributed by atoms with Gasteiger partial charge in [0.1, 0.15) is 11.6 Å². The molecule has 1 aromatic carbocycles. The molecular formula is C13H16F2N2O3. The topological polar surface area (TPSA) is 78.4 Å². The molecule has 3 N–H and O–H groups in total. The molecule has 7 heteroatoms. The molecule has 2 unspecified atom stereocenters. The highest BCUT2D eigenvalue weighted by atomic mass is 19.1. The molecule has 1 aromatic rings. The smallest absolute Gasteiger partial charge is 0.313 e. The van der Waals surface area contributed by atoms with Crippen molar-refractivity contribution >= 4 is 17.5 Å². The van der Waals surface area contributed by atoms with Crippen molar-refractivity contribution in [1.82, 2.24) is 5.32 Å². The average molecular weight is 286 g/mol. The van der Waals surface area contributed by atoms with Crippen LogP contribution in [0.4, 0.5) is 14.5 Å². The quantitative estimate of drug-likeness (QED) is 0.724. The van der Waals surface area contributed by atoms with E-state index in [0.29, 0.717) is 6.07 Å². The molecule has 0 saturated heterocycles. The summed E-state index contributed by atoms with van der Waals surface area (Å²) in [5, 5.41) is 13.4. The molecule has 0 aromatic heterocycles. The molecule has 0 saturated carbocycles. The largest absolute Gasteiger partial charge is 0.396 e. The Bertz CT molecular complexity index is 488. The van der Waals surface area contributed by atoms with Crippen LogP contribution in [0.15, 0.2) is 18.2 Å². The lowest BCUT2D eigenvalue weighted by molar-refractivity contribution is -0.136. The molecule has 0 fully saturated rings. The van der Waals surface area contributed by atoms with Gasteiger partial charge in [-0.25, -0.2) is 8.78 Å². The van der Waals surface area contributed by atoms with E-state index in [4.69, 9.17) is 5.11 Å². The zero-order chi connectivity index (χ0) is 15.3. The van der Waals surface area contributed by atoms with Gasteiger partial charge < -0.3 is 15.7 Å². The van der Waals surface area contributed by atoms with Crippen molar-refractivity contribution in [2.24, 2.45) is 5.92 Å². The lowest BCUT2D eigenvalue weighted by atomic mass is 10.1. The second kappa shape index (κ2) is 6.95. The third kappa shape index (κ3) is 4.58. The predicted octanol–water partition coefficient (Wildman–Crippen LogP) is 1.04. The molecule has 0 heterocycles. The Morgan fingerprint density at radius 2 is 1.70 bits per heavy atom. The number of carbonyl (C=O) groups excluding carboxylic acids is 2. The molecule has 5 nitrogen and oxygen atoms in total. The number of aliphatic hydroxyl groups is 1. The molecule has 0 aliphatic carbocycles. The fraction of sp³-hybridized carbons (Fsp3) is 0.385. The molecule has 2 amide bonds. The van der Waals surface area contributed by atoms with Crippen molar-refractivity contribution in [3.05, 3.63) is 29.8 Å². The Kier molecular flexibility index (Phi) is 5.57. The molecular weight excluding hydrogens is 270 g/mol. The number of aliphatic hydroxyl groups excluding tert-OH is 1. The highest BCUT2D eigenvalue weighted by Gasteiger charge is 2.19. The molecule has 0 bridgehead atoms. The number of hydrogen-bond donors (Lipinski definition) is 3. The highest BCUT2D eigenvalue weighted by molar-refractivity contribution is 6.39. The average Bonchev–Trinajstić information content (AvgIpc) is 2.36. The van der Waals surface area contributed by atoms with Crippen LogP contribution < -0.4 is 10.6 Å². The van der Waals surface area contributed by atoms with Gasteiger partial charge >= 0.3 is 11.8 Å². The molecule has 0 aliphatic heterocycles. The van der Waals surface area contributed by atoms with Crippen molar-refractivity contribution in [2.75, 3.05) is 11.9 Å². The van der Waals surface area contributed by atoms with Gasteiger partial charge in [-0.05, 0) is 25.0 Å². The van der Waals surface area contributed by atoms with Crippen molar-refractivity contribution in [3.63, 3.8) is 0 Å². The maximum Gasteiger partial charge on any atom is 0.313 e. The predicted molar refractivity (Wildman–Crippen MR) is 68.8 cm³/mol. The summed E-state index contributed by atoms with van der Waals surface area (Å²) in [6.07, 6.45) is 0. The minimum atomic E-state index is -1.04. The van der Waals surface area contributed by atoms with Gasteiger partial charge in [-0.15, -0.1) is 0 Å². The number of anilines is 1. The number of amides is 2. The van der Waals surface area contributed by atoms with Gasteiger partial charge in [0.25, 0.3) is 0 Å². The summed E-state index contributed by atoms with van der Waals surface area (Å²) in [4.78, 5) is 23.1. The van der Waals surface area contributed by atoms with Gasteiger partial charge in [0.05, 0.1) is 0 Å². The van der Waals surface area contributed by atoms with Crippen LogP contribution in [-0.4, -0.2) is 29.6 Å². The number of rotatable bonds is 4. The first-order valence-electron chi connectivity index (χ1n) is 6.02.